The van der Waals surface area contributed by atoms with Crippen LogP contribution in [0, 0.1) is 5.41 Å². The lowest BCUT2D eigenvalue weighted by atomic mass is 9.74. The minimum atomic E-state index is -0.800. The molecule has 1 aliphatic rings. The first kappa shape index (κ1) is 20.3. The molecule has 0 bridgehead atoms. The number of halogens is 2. The summed E-state index contributed by atoms with van der Waals surface area (Å²) in [6.45, 7) is 4.36. The predicted molar refractivity (Wildman–Crippen MR) is 108 cm³/mol. The number of unbranched alkanes of at least 4 members (excludes halogenated alkanes) is 6. The van der Waals surface area contributed by atoms with Crippen LogP contribution in [0.25, 0.3) is 0 Å². The third-order valence-corrected chi connectivity index (χ3v) is 7.59. The molecule has 1 aromatic heterocycles. The first-order valence-electron chi connectivity index (χ1n) is 9.07. The van der Waals surface area contributed by atoms with Crippen molar-refractivity contribution in [2.75, 3.05) is 0 Å². The van der Waals surface area contributed by atoms with E-state index in [1.165, 1.54) is 24.2 Å². The van der Waals surface area contributed by atoms with E-state index in [1.807, 2.05) is 0 Å². The Morgan fingerprint density at radius 3 is 1.54 bits per heavy atom. The highest BCUT2D eigenvalue weighted by Gasteiger charge is 2.54. The van der Waals surface area contributed by atoms with E-state index in [0.29, 0.717) is 24.0 Å². The molecule has 5 heteroatoms. The Kier molecular flexibility index (Phi) is 7.69. The van der Waals surface area contributed by atoms with Crippen LogP contribution in [0.5, 0.6) is 0 Å². The monoisotopic (exact) mass is 476 g/mol. The zero-order valence-corrected chi connectivity index (χ0v) is 18.5. The minimum Gasteiger partial charge on any atom is -0.293 e. The van der Waals surface area contributed by atoms with Gasteiger partial charge < -0.3 is 0 Å². The second-order valence-corrected chi connectivity index (χ2v) is 10.4. The van der Waals surface area contributed by atoms with Crippen LogP contribution in [0.15, 0.2) is 7.57 Å². The van der Waals surface area contributed by atoms with Gasteiger partial charge in [-0.3, -0.25) is 9.59 Å². The molecule has 0 amide bonds. The Labute approximate surface area is 166 Å². The summed E-state index contributed by atoms with van der Waals surface area (Å²) in [7, 11) is 0. The van der Waals surface area contributed by atoms with Crippen molar-refractivity contribution in [3.05, 3.63) is 18.7 Å². The van der Waals surface area contributed by atoms with E-state index < -0.39 is 5.41 Å². The van der Waals surface area contributed by atoms with Crippen LogP contribution in [-0.2, 0) is 0 Å². The van der Waals surface area contributed by atoms with E-state index in [0.717, 1.165) is 46.1 Å². The summed E-state index contributed by atoms with van der Waals surface area (Å²) in [5, 5.41) is 0. The average Bonchev–Trinajstić information content (AvgIpc) is 2.97. The summed E-state index contributed by atoms with van der Waals surface area (Å²) < 4.78 is 1.60. The lowest BCUT2D eigenvalue weighted by molar-refractivity contribution is 0.0655. The van der Waals surface area contributed by atoms with E-state index in [2.05, 4.69) is 45.7 Å². The lowest BCUT2D eigenvalue weighted by Gasteiger charge is -2.26. The molecule has 0 saturated heterocycles. The third kappa shape index (κ3) is 3.88. The predicted octanol–water partition coefficient (Wildman–Crippen LogP) is 7.58. The van der Waals surface area contributed by atoms with Gasteiger partial charge in [0, 0.05) is 0 Å². The maximum absolute atomic E-state index is 13.2. The van der Waals surface area contributed by atoms with E-state index in [-0.39, 0.29) is 11.6 Å². The van der Waals surface area contributed by atoms with Crippen LogP contribution in [0.1, 0.15) is 98.8 Å². The molecule has 0 aromatic carbocycles. The zero-order chi connectivity index (χ0) is 17.7. The molecule has 0 atom stereocenters. The van der Waals surface area contributed by atoms with Gasteiger partial charge in [0.05, 0.1) is 24.1 Å². The van der Waals surface area contributed by atoms with Gasteiger partial charge in [0.15, 0.2) is 11.6 Å². The van der Waals surface area contributed by atoms with Crippen LogP contribution < -0.4 is 0 Å². The van der Waals surface area contributed by atoms with Gasteiger partial charge in [-0.05, 0) is 44.7 Å². The molecule has 0 aliphatic heterocycles. The molecular weight excluding hydrogens is 452 g/mol. The molecule has 0 saturated carbocycles. The molecule has 0 unspecified atom stereocenters. The van der Waals surface area contributed by atoms with Crippen LogP contribution in [0.3, 0.4) is 0 Å². The average molecular weight is 478 g/mol. The van der Waals surface area contributed by atoms with Gasteiger partial charge in [-0.2, -0.15) is 0 Å². The van der Waals surface area contributed by atoms with Gasteiger partial charge in [-0.15, -0.1) is 11.3 Å². The molecule has 0 spiro atoms. The number of carbonyl (C=O) groups is 2. The fourth-order valence-electron chi connectivity index (χ4n) is 3.65. The van der Waals surface area contributed by atoms with Crippen molar-refractivity contribution in [3.8, 4) is 0 Å². The van der Waals surface area contributed by atoms with Gasteiger partial charge in [0.25, 0.3) is 0 Å². The maximum Gasteiger partial charge on any atom is 0.179 e. The van der Waals surface area contributed by atoms with E-state index >= 15 is 0 Å². The van der Waals surface area contributed by atoms with Crippen molar-refractivity contribution in [2.45, 2.75) is 78.1 Å². The van der Waals surface area contributed by atoms with Gasteiger partial charge in [0.1, 0.15) is 0 Å². The van der Waals surface area contributed by atoms with Gasteiger partial charge in [-0.1, -0.05) is 65.2 Å². The Hall–Kier alpha value is -0.000000000000000167. The van der Waals surface area contributed by atoms with Crippen molar-refractivity contribution in [1.82, 2.24) is 0 Å². The van der Waals surface area contributed by atoms with Crippen LogP contribution in [0.2, 0.25) is 0 Å². The first-order valence-corrected chi connectivity index (χ1v) is 11.5. The fourth-order valence-corrected chi connectivity index (χ4v) is 6.78. The van der Waals surface area contributed by atoms with E-state index in [1.54, 1.807) is 0 Å². The smallest absolute Gasteiger partial charge is 0.179 e. The summed E-state index contributed by atoms with van der Waals surface area (Å²) in [6, 6.07) is 0. The molecule has 1 heterocycles. The standard InChI is InChI=1S/C19H26Br2O2S/c1-3-5-7-9-11-19(12-10-8-6-4-2)15(22)13-14(16(19)23)18(21)24-17(13)20/h3-12H2,1-2H3. The quantitative estimate of drug-likeness (QED) is 0.257. The Morgan fingerprint density at radius 2 is 1.17 bits per heavy atom. The highest BCUT2D eigenvalue weighted by molar-refractivity contribution is 9.12. The fraction of sp³-hybridized carbons (Fsp3) is 0.684. The lowest BCUT2D eigenvalue weighted by Crippen LogP contribution is -2.34. The molecule has 134 valence electrons. The second-order valence-electron chi connectivity index (χ2n) is 6.76. The van der Waals surface area contributed by atoms with Crippen LogP contribution in [0.4, 0.5) is 0 Å². The molecule has 24 heavy (non-hydrogen) atoms. The second kappa shape index (κ2) is 9.09. The van der Waals surface area contributed by atoms with E-state index in [4.69, 9.17) is 0 Å². The molecule has 0 fully saturated rings. The molecule has 1 aromatic rings. The molecule has 0 radical (unpaired) electrons. The van der Waals surface area contributed by atoms with Crippen LogP contribution >= 0.6 is 43.2 Å². The Bertz CT molecular complexity index is 556. The zero-order valence-electron chi connectivity index (χ0n) is 14.6. The number of hydrogen-bond donors (Lipinski definition) is 0. The number of Topliss-reactive ketones (excluding diaryl/α,β-unsaturated/α-hetero) is 2. The third-order valence-electron chi connectivity index (χ3n) is 5.06. The summed E-state index contributed by atoms with van der Waals surface area (Å²) >= 11 is 8.41. The summed E-state index contributed by atoms with van der Waals surface area (Å²) in [5.41, 5.74) is 0.455. The highest BCUT2D eigenvalue weighted by atomic mass is 79.9. The normalized spacial score (nSPS) is 16.0. The number of fused-ring (bicyclic) bond motifs is 1. The molecule has 2 nitrogen and oxygen atoms in total. The SMILES string of the molecule is CCCCCCC1(CCCCCC)C(=O)c2c(Br)sc(Br)c2C1=O. The van der Waals surface area contributed by atoms with Crippen molar-refractivity contribution in [1.29, 1.82) is 0 Å². The number of thiophene rings is 1. The Morgan fingerprint density at radius 1 is 0.750 bits per heavy atom. The van der Waals surface area contributed by atoms with E-state index in [9.17, 15) is 9.59 Å². The molecular formula is C19H26Br2O2S. The van der Waals surface area contributed by atoms with Gasteiger partial charge in [0.2, 0.25) is 0 Å². The Balaban J connectivity index is 2.24. The summed E-state index contributed by atoms with van der Waals surface area (Å²) in [4.78, 5) is 26.5. The highest BCUT2D eigenvalue weighted by Crippen LogP contribution is 2.52. The first-order chi connectivity index (χ1) is 11.5. The largest absolute Gasteiger partial charge is 0.293 e. The van der Waals surface area contributed by atoms with Crippen LogP contribution in [-0.4, -0.2) is 11.6 Å². The molecule has 2 rings (SSSR count). The molecule has 1 aliphatic carbocycles. The van der Waals surface area contributed by atoms with Gasteiger partial charge >= 0.3 is 0 Å². The van der Waals surface area contributed by atoms with Crippen molar-refractivity contribution < 1.29 is 9.59 Å². The number of ketones is 2. The van der Waals surface area contributed by atoms with Crippen molar-refractivity contribution >= 4 is 54.8 Å². The molecule has 0 N–H and O–H groups in total. The summed E-state index contributed by atoms with van der Waals surface area (Å²) in [6.07, 6.45) is 10.2. The number of rotatable bonds is 10. The van der Waals surface area contributed by atoms with Crippen molar-refractivity contribution in [2.24, 2.45) is 5.41 Å². The minimum absolute atomic E-state index is 0.0596. The summed E-state index contributed by atoms with van der Waals surface area (Å²) in [5.74, 6) is 0.119. The maximum atomic E-state index is 13.2. The van der Waals surface area contributed by atoms with Gasteiger partial charge in [-0.25, -0.2) is 0 Å². The number of carbonyl (C=O) groups excluding carboxylic acids is 2. The van der Waals surface area contributed by atoms with Crippen molar-refractivity contribution in [3.63, 3.8) is 0 Å². The topological polar surface area (TPSA) is 34.1 Å². The number of hydrogen-bond acceptors (Lipinski definition) is 3.